The van der Waals surface area contributed by atoms with Crippen molar-refractivity contribution in [1.82, 2.24) is 0 Å². The second-order valence-electron chi connectivity index (χ2n) is 9.80. The van der Waals surface area contributed by atoms with E-state index in [4.69, 9.17) is 0 Å². The quantitative estimate of drug-likeness (QED) is 0.264. The summed E-state index contributed by atoms with van der Waals surface area (Å²) < 4.78 is 4.94. The van der Waals surface area contributed by atoms with Gasteiger partial charge in [0, 0.05) is 0 Å². The maximum atomic E-state index is 2.59. The van der Waals surface area contributed by atoms with Crippen LogP contribution < -0.4 is 33.0 Å². The molecular formula is C35H33Cl2NZr. The summed E-state index contributed by atoms with van der Waals surface area (Å²) in [5.74, 6) is 0. The Labute approximate surface area is 253 Å². The predicted molar refractivity (Wildman–Crippen MR) is 156 cm³/mol. The van der Waals surface area contributed by atoms with Crippen molar-refractivity contribution in [2.45, 2.75) is 26.7 Å². The van der Waals surface area contributed by atoms with Gasteiger partial charge in [-0.15, -0.1) is 0 Å². The Morgan fingerprint density at radius 2 is 1.33 bits per heavy atom. The topological polar surface area (TPSA) is 3.24 Å². The molecule has 0 aromatic heterocycles. The van der Waals surface area contributed by atoms with Crippen LogP contribution in [0.1, 0.15) is 42.5 Å². The zero-order valence-corrected chi connectivity index (χ0v) is 26.5. The average Bonchev–Trinajstić information content (AvgIpc) is 3.62. The molecule has 0 heterocycles. The summed E-state index contributed by atoms with van der Waals surface area (Å²) in [7, 11) is 0. The maximum absolute atomic E-state index is 2.67. The van der Waals surface area contributed by atoms with E-state index in [9.17, 15) is 0 Å². The SMILES string of the molecule is CCN(CC)c1ccc2c([c]1[Zr+2]([C]1=CC=CC1)=[C](c1ccccc1)c1ccccc1)Cc1ccccc1-2.[Cl-].[Cl-]. The number of fused-ring (bicyclic) bond motifs is 3. The van der Waals surface area contributed by atoms with Gasteiger partial charge in [-0.05, 0) is 0 Å². The number of benzene rings is 4. The van der Waals surface area contributed by atoms with Crippen LogP contribution in [0.2, 0.25) is 0 Å². The molecule has 4 heteroatoms. The number of halogens is 2. The van der Waals surface area contributed by atoms with Gasteiger partial charge in [0.25, 0.3) is 0 Å². The van der Waals surface area contributed by atoms with Crippen molar-refractivity contribution in [3.63, 3.8) is 0 Å². The molecule has 0 amide bonds. The van der Waals surface area contributed by atoms with Gasteiger partial charge >= 0.3 is 230 Å². The van der Waals surface area contributed by atoms with Crippen molar-refractivity contribution in [2.24, 2.45) is 0 Å². The van der Waals surface area contributed by atoms with Gasteiger partial charge in [-0.25, -0.2) is 0 Å². The second kappa shape index (κ2) is 13.2. The monoisotopic (exact) mass is 627 g/mol. The maximum Gasteiger partial charge on any atom is -1.00 e. The number of nitrogens with zero attached hydrogens (tertiary/aromatic N) is 1. The van der Waals surface area contributed by atoms with E-state index in [0.29, 0.717) is 0 Å². The fraction of sp³-hybridized carbons (Fsp3) is 0.171. The summed E-state index contributed by atoms with van der Waals surface area (Å²) in [4.78, 5) is 2.59. The first kappa shape index (κ1) is 29.5. The zero-order chi connectivity index (χ0) is 25.2. The third-order valence-electron chi connectivity index (χ3n) is 7.79. The molecule has 6 rings (SSSR count). The standard InChI is InChI=1S/C17H18N.C13H10.C5H5.2ClH.Zr/c1-3-18(4-2)15-9-10-17-14(12-15)11-13-7-5-6-8-16(13)17;1-3-7-12(8-4-1)11-13-9-5-2-6-10-13;1-2-4-5-3-1;;;/h5-10H,3-4,11H2,1-2H3;1-10H;1-3H,4H2;2*1H;/q;;;;;+2/p-2. The normalized spacial score (nSPS) is 12.3. The Morgan fingerprint density at radius 1 is 0.718 bits per heavy atom. The van der Waals surface area contributed by atoms with Gasteiger partial charge < -0.3 is 24.8 Å². The minimum Gasteiger partial charge on any atom is -1.00 e. The van der Waals surface area contributed by atoms with Gasteiger partial charge in [-0.1, -0.05) is 0 Å². The summed E-state index contributed by atoms with van der Waals surface area (Å²) in [5.41, 5.74) is 10.2. The van der Waals surface area contributed by atoms with Crippen LogP contribution in [0.25, 0.3) is 11.1 Å². The van der Waals surface area contributed by atoms with Crippen molar-refractivity contribution < 1.29 is 46.1 Å². The van der Waals surface area contributed by atoms with Gasteiger partial charge in [-0.2, -0.15) is 0 Å². The van der Waals surface area contributed by atoms with Crippen LogP contribution in [0.5, 0.6) is 0 Å². The van der Waals surface area contributed by atoms with E-state index in [1.165, 1.54) is 33.5 Å². The van der Waals surface area contributed by atoms with E-state index in [2.05, 4.69) is 134 Å². The summed E-state index contributed by atoms with van der Waals surface area (Å²) in [6, 6.07) is 36.3. The summed E-state index contributed by atoms with van der Waals surface area (Å²) >= 11 is -2.67. The molecule has 0 bridgehead atoms. The Kier molecular flexibility index (Phi) is 10.0. The van der Waals surface area contributed by atoms with Crippen LogP contribution >= 0.6 is 0 Å². The van der Waals surface area contributed by atoms with Crippen LogP contribution in [0.4, 0.5) is 5.69 Å². The van der Waals surface area contributed by atoms with E-state index in [1.54, 1.807) is 15.3 Å². The first-order chi connectivity index (χ1) is 18.3. The minimum absolute atomic E-state index is 0. The molecule has 0 saturated carbocycles. The number of rotatable bonds is 7. The molecule has 0 N–H and O–H groups in total. The molecule has 0 unspecified atom stereocenters. The zero-order valence-electron chi connectivity index (χ0n) is 22.5. The molecular weight excluding hydrogens is 597 g/mol. The molecule has 0 spiro atoms. The van der Waals surface area contributed by atoms with Gasteiger partial charge in [0.05, 0.1) is 0 Å². The smallest absolute Gasteiger partial charge is 1.00 e. The molecule has 4 aromatic carbocycles. The van der Waals surface area contributed by atoms with Crippen molar-refractivity contribution >= 4 is 12.2 Å². The molecule has 2 aliphatic carbocycles. The molecule has 0 saturated heterocycles. The number of hydrogen-bond acceptors (Lipinski definition) is 1. The molecule has 196 valence electrons. The fourth-order valence-corrected chi connectivity index (χ4v) is 14.4. The van der Waals surface area contributed by atoms with E-state index in [-0.39, 0.29) is 24.8 Å². The minimum atomic E-state index is -2.67. The number of anilines is 1. The molecule has 2 aliphatic rings. The van der Waals surface area contributed by atoms with Crippen LogP contribution in [-0.4, -0.2) is 16.3 Å². The van der Waals surface area contributed by atoms with Crippen LogP contribution in [-0.2, 0) is 27.7 Å². The molecule has 39 heavy (non-hydrogen) atoms. The molecule has 4 aromatic rings. The van der Waals surface area contributed by atoms with Crippen LogP contribution in [0.3, 0.4) is 0 Å². The van der Waals surface area contributed by atoms with Crippen molar-refractivity contribution in [1.29, 1.82) is 0 Å². The van der Waals surface area contributed by atoms with E-state index in [1.807, 2.05) is 0 Å². The number of allylic oxidation sites excluding steroid dienone is 4. The van der Waals surface area contributed by atoms with E-state index >= 15 is 0 Å². The molecule has 0 radical (unpaired) electrons. The van der Waals surface area contributed by atoms with Gasteiger partial charge in [0.1, 0.15) is 0 Å². The third-order valence-corrected chi connectivity index (χ3v) is 15.5. The Bertz CT molecular complexity index is 1490. The number of hydrogen-bond donors (Lipinski definition) is 0. The van der Waals surface area contributed by atoms with Crippen molar-refractivity contribution in [3.8, 4) is 11.1 Å². The van der Waals surface area contributed by atoms with Crippen LogP contribution in [0, 0.1) is 0 Å². The molecule has 1 nitrogen and oxygen atoms in total. The Balaban J connectivity index is 0.00000176. The van der Waals surface area contributed by atoms with Crippen molar-refractivity contribution in [2.75, 3.05) is 18.0 Å². The fourth-order valence-electron chi connectivity index (χ4n) is 6.05. The van der Waals surface area contributed by atoms with Gasteiger partial charge in [0.2, 0.25) is 0 Å². The summed E-state index contributed by atoms with van der Waals surface area (Å²) in [6.45, 7) is 6.64. The molecule has 0 aliphatic heterocycles. The van der Waals surface area contributed by atoms with Crippen molar-refractivity contribution in [3.05, 3.63) is 141 Å². The first-order valence-electron chi connectivity index (χ1n) is 13.5. The average molecular weight is 630 g/mol. The van der Waals surface area contributed by atoms with Gasteiger partial charge in [-0.3, -0.25) is 0 Å². The summed E-state index contributed by atoms with van der Waals surface area (Å²) in [5, 5.41) is 0. The third kappa shape index (κ3) is 5.58. The second-order valence-corrected chi connectivity index (χ2v) is 15.7. The Morgan fingerprint density at radius 3 is 1.92 bits per heavy atom. The molecule has 0 atom stereocenters. The van der Waals surface area contributed by atoms with Gasteiger partial charge in [0.15, 0.2) is 0 Å². The molecule has 0 fully saturated rings. The Hall–Kier alpha value is -2.51. The predicted octanol–water partition coefficient (Wildman–Crippen LogP) is 1.47. The summed E-state index contributed by atoms with van der Waals surface area (Å²) in [6.07, 6.45) is 9.22. The largest absolute Gasteiger partial charge is 1.00 e. The van der Waals surface area contributed by atoms with Crippen LogP contribution in [0.15, 0.2) is 119 Å². The van der Waals surface area contributed by atoms with E-state index < -0.39 is 21.3 Å². The first-order valence-corrected chi connectivity index (χ1v) is 17.2. The van der Waals surface area contributed by atoms with E-state index in [0.717, 1.165) is 25.9 Å².